The van der Waals surface area contributed by atoms with E-state index in [4.69, 9.17) is 17.3 Å². The second kappa shape index (κ2) is 4.70. The number of imidazole rings is 1. The summed E-state index contributed by atoms with van der Waals surface area (Å²) in [4.78, 5) is 8.52. The van der Waals surface area contributed by atoms with Crippen LogP contribution in [0.4, 0.5) is 5.95 Å². The van der Waals surface area contributed by atoms with Gasteiger partial charge < -0.3 is 5.73 Å². The third kappa shape index (κ3) is 2.11. The molecular weight excluding hydrogens is 224 g/mol. The van der Waals surface area contributed by atoms with Crippen molar-refractivity contribution in [2.24, 2.45) is 0 Å². The Bertz CT molecular complexity index is 492. The van der Waals surface area contributed by atoms with Crippen LogP contribution in [0.3, 0.4) is 0 Å². The van der Waals surface area contributed by atoms with E-state index in [1.165, 1.54) is 12.8 Å². The van der Waals surface area contributed by atoms with E-state index in [1.807, 2.05) is 4.57 Å². The van der Waals surface area contributed by atoms with Gasteiger partial charge in [0.25, 0.3) is 0 Å². The van der Waals surface area contributed by atoms with Gasteiger partial charge in [0.1, 0.15) is 5.52 Å². The third-order valence-corrected chi connectivity index (χ3v) is 2.77. The van der Waals surface area contributed by atoms with Gasteiger partial charge >= 0.3 is 0 Å². The lowest BCUT2D eigenvalue weighted by molar-refractivity contribution is 0.616. The maximum atomic E-state index is 5.85. The molecule has 0 aliphatic rings. The molecule has 0 saturated carbocycles. The summed E-state index contributed by atoms with van der Waals surface area (Å²) in [6.07, 6.45) is 5.09. The molecular formula is C11H15ClN4. The SMILES string of the molecule is CCCCCn1c(N)nc2cc(Cl)cnc21. The molecule has 4 nitrogen and oxygen atoms in total. The van der Waals surface area contributed by atoms with Gasteiger partial charge in [0.05, 0.1) is 5.02 Å². The standard InChI is InChI=1S/C11H15ClN4/c1-2-3-4-5-16-10-9(15-11(16)13)6-8(12)7-14-10/h6-7H,2-5H2,1H3,(H2,13,15). The second-order valence-corrected chi connectivity index (χ2v) is 4.26. The lowest BCUT2D eigenvalue weighted by atomic mass is 10.2. The number of pyridine rings is 1. The quantitative estimate of drug-likeness (QED) is 0.834. The van der Waals surface area contributed by atoms with Crippen molar-refractivity contribution in [2.45, 2.75) is 32.7 Å². The first-order valence-electron chi connectivity index (χ1n) is 5.49. The minimum absolute atomic E-state index is 0.515. The summed E-state index contributed by atoms with van der Waals surface area (Å²) >= 11 is 5.85. The minimum atomic E-state index is 0.515. The van der Waals surface area contributed by atoms with Gasteiger partial charge in [-0.1, -0.05) is 31.4 Å². The van der Waals surface area contributed by atoms with Crippen molar-refractivity contribution in [3.05, 3.63) is 17.3 Å². The molecule has 2 aromatic rings. The summed E-state index contributed by atoms with van der Waals surface area (Å²) in [6, 6.07) is 1.79. The van der Waals surface area contributed by atoms with Crippen molar-refractivity contribution < 1.29 is 0 Å². The van der Waals surface area contributed by atoms with Crippen LogP contribution in [-0.2, 0) is 6.54 Å². The number of hydrogen-bond donors (Lipinski definition) is 1. The molecule has 86 valence electrons. The highest BCUT2D eigenvalue weighted by atomic mass is 35.5. The molecule has 0 radical (unpaired) electrons. The van der Waals surface area contributed by atoms with Gasteiger partial charge in [-0.3, -0.25) is 4.57 Å². The molecule has 2 rings (SSSR count). The van der Waals surface area contributed by atoms with Crippen molar-refractivity contribution in [2.75, 3.05) is 5.73 Å². The molecule has 0 spiro atoms. The van der Waals surface area contributed by atoms with E-state index >= 15 is 0 Å². The van der Waals surface area contributed by atoms with Crippen LogP contribution < -0.4 is 5.73 Å². The van der Waals surface area contributed by atoms with Crippen molar-refractivity contribution in [1.29, 1.82) is 0 Å². The van der Waals surface area contributed by atoms with Gasteiger partial charge in [0.15, 0.2) is 5.65 Å². The Morgan fingerprint density at radius 2 is 2.25 bits per heavy atom. The predicted molar refractivity (Wildman–Crippen MR) is 66.5 cm³/mol. The fraction of sp³-hybridized carbons (Fsp3) is 0.455. The van der Waals surface area contributed by atoms with Crippen LogP contribution >= 0.6 is 11.6 Å². The molecule has 2 heterocycles. The lowest BCUT2D eigenvalue weighted by Gasteiger charge is -2.04. The first-order valence-corrected chi connectivity index (χ1v) is 5.87. The highest BCUT2D eigenvalue weighted by Crippen LogP contribution is 2.19. The second-order valence-electron chi connectivity index (χ2n) is 3.83. The maximum absolute atomic E-state index is 5.85. The average Bonchev–Trinajstić information content (AvgIpc) is 2.55. The van der Waals surface area contributed by atoms with Gasteiger partial charge in [-0.05, 0) is 12.5 Å². The fourth-order valence-corrected chi connectivity index (χ4v) is 1.90. The van der Waals surface area contributed by atoms with E-state index in [1.54, 1.807) is 12.3 Å². The van der Waals surface area contributed by atoms with Gasteiger partial charge in [0, 0.05) is 12.7 Å². The number of aromatic nitrogens is 3. The van der Waals surface area contributed by atoms with Crippen LogP contribution in [0, 0.1) is 0 Å². The Morgan fingerprint density at radius 1 is 1.44 bits per heavy atom. The predicted octanol–water partition coefficient (Wildman–Crippen LogP) is 2.86. The number of nitrogens with zero attached hydrogens (tertiary/aromatic N) is 3. The zero-order valence-corrected chi connectivity index (χ0v) is 10.0. The number of nitrogen functional groups attached to an aromatic ring is 1. The molecule has 0 unspecified atom stereocenters. The lowest BCUT2D eigenvalue weighted by Crippen LogP contribution is -2.04. The van der Waals surface area contributed by atoms with E-state index in [-0.39, 0.29) is 0 Å². The zero-order chi connectivity index (χ0) is 11.5. The number of fused-ring (bicyclic) bond motifs is 1. The number of nitrogens with two attached hydrogens (primary N) is 1. The van der Waals surface area contributed by atoms with Crippen molar-refractivity contribution in [3.8, 4) is 0 Å². The molecule has 0 aliphatic heterocycles. The number of unbranched alkanes of at least 4 members (excludes halogenated alkanes) is 2. The monoisotopic (exact) mass is 238 g/mol. The van der Waals surface area contributed by atoms with E-state index < -0.39 is 0 Å². The summed E-state index contributed by atoms with van der Waals surface area (Å²) in [5.41, 5.74) is 7.44. The molecule has 0 bridgehead atoms. The number of halogens is 1. The highest BCUT2D eigenvalue weighted by molar-refractivity contribution is 6.31. The summed E-state index contributed by atoms with van der Waals surface area (Å²) in [5, 5.41) is 0.589. The van der Waals surface area contributed by atoms with Crippen LogP contribution in [-0.4, -0.2) is 14.5 Å². The van der Waals surface area contributed by atoms with E-state index in [2.05, 4.69) is 16.9 Å². The first-order chi connectivity index (χ1) is 7.72. The molecule has 0 aliphatic carbocycles. The summed E-state index contributed by atoms with van der Waals surface area (Å²) in [7, 11) is 0. The summed E-state index contributed by atoms with van der Waals surface area (Å²) < 4.78 is 1.95. The summed E-state index contributed by atoms with van der Waals surface area (Å²) in [6.45, 7) is 3.04. The van der Waals surface area contributed by atoms with Crippen molar-refractivity contribution in [3.63, 3.8) is 0 Å². The number of aryl methyl sites for hydroxylation is 1. The fourth-order valence-electron chi connectivity index (χ4n) is 1.74. The Kier molecular flexibility index (Phi) is 3.29. The first kappa shape index (κ1) is 11.2. The van der Waals surface area contributed by atoms with Gasteiger partial charge in [-0.2, -0.15) is 0 Å². The Balaban J connectivity index is 2.32. The van der Waals surface area contributed by atoms with Crippen molar-refractivity contribution in [1.82, 2.24) is 14.5 Å². The van der Waals surface area contributed by atoms with Gasteiger partial charge in [0.2, 0.25) is 5.95 Å². The van der Waals surface area contributed by atoms with E-state index in [0.29, 0.717) is 11.0 Å². The molecule has 0 saturated heterocycles. The number of hydrogen-bond acceptors (Lipinski definition) is 3. The molecule has 5 heteroatoms. The maximum Gasteiger partial charge on any atom is 0.202 e. The molecule has 0 atom stereocenters. The molecule has 0 fully saturated rings. The third-order valence-electron chi connectivity index (χ3n) is 2.57. The molecule has 2 aromatic heterocycles. The average molecular weight is 239 g/mol. The van der Waals surface area contributed by atoms with Crippen molar-refractivity contribution >= 4 is 28.7 Å². The van der Waals surface area contributed by atoms with Crippen LogP contribution in [0.5, 0.6) is 0 Å². The number of rotatable bonds is 4. The Morgan fingerprint density at radius 3 is 3.00 bits per heavy atom. The van der Waals surface area contributed by atoms with Gasteiger partial charge in [-0.25, -0.2) is 9.97 Å². The van der Waals surface area contributed by atoms with E-state index in [9.17, 15) is 0 Å². The van der Waals surface area contributed by atoms with Gasteiger partial charge in [-0.15, -0.1) is 0 Å². The minimum Gasteiger partial charge on any atom is -0.369 e. The largest absolute Gasteiger partial charge is 0.369 e. The van der Waals surface area contributed by atoms with Crippen LogP contribution in [0.25, 0.3) is 11.2 Å². The number of anilines is 1. The van der Waals surface area contributed by atoms with Crippen LogP contribution in [0.1, 0.15) is 26.2 Å². The summed E-state index contributed by atoms with van der Waals surface area (Å²) in [5.74, 6) is 0.515. The highest BCUT2D eigenvalue weighted by Gasteiger charge is 2.08. The molecule has 0 aromatic carbocycles. The molecule has 16 heavy (non-hydrogen) atoms. The van der Waals surface area contributed by atoms with Crippen LogP contribution in [0.15, 0.2) is 12.3 Å². The molecule has 0 amide bonds. The smallest absolute Gasteiger partial charge is 0.202 e. The molecule has 2 N–H and O–H groups in total. The Labute approximate surface area is 99.4 Å². The normalized spacial score (nSPS) is 11.1. The van der Waals surface area contributed by atoms with E-state index in [0.717, 1.165) is 24.1 Å². The zero-order valence-electron chi connectivity index (χ0n) is 9.28. The Hall–Kier alpha value is -1.29. The topological polar surface area (TPSA) is 56.7 Å². The van der Waals surface area contributed by atoms with Crippen LogP contribution in [0.2, 0.25) is 5.02 Å².